The van der Waals surface area contributed by atoms with E-state index in [1.54, 1.807) is 24.0 Å². The number of amides is 2. The number of rotatable bonds is 5. The number of hydrogen-bond acceptors (Lipinski definition) is 6. The second kappa shape index (κ2) is 10.0. The average Bonchev–Trinajstić information content (AvgIpc) is 2.75. The lowest BCUT2D eigenvalue weighted by Gasteiger charge is -2.33. The van der Waals surface area contributed by atoms with Gasteiger partial charge in [0.05, 0.1) is 0 Å². The Hall–Kier alpha value is -3.07. The van der Waals surface area contributed by atoms with E-state index in [9.17, 15) is 18.0 Å². The molecule has 0 atom stereocenters. The molecular weight excluding hydrogens is 456 g/mol. The van der Waals surface area contributed by atoms with Crippen LogP contribution in [0.15, 0.2) is 47.4 Å². The molecule has 0 spiro atoms. The minimum absolute atomic E-state index is 0.0632. The number of carbonyl (C=O) groups excluding carboxylic acids is 2. The number of nitrogens with one attached hydrogen (secondary N) is 1. The van der Waals surface area contributed by atoms with E-state index < -0.39 is 15.7 Å². The molecule has 1 N–H and O–H groups in total. The molecule has 184 valence electrons. The Labute approximate surface area is 201 Å². The molecule has 0 aliphatic carbocycles. The molecule has 3 rings (SSSR count). The van der Waals surface area contributed by atoms with E-state index in [2.05, 4.69) is 5.32 Å². The summed E-state index contributed by atoms with van der Waals surface area (Å²) < 4.78 is 36.0. The van der Waals surface area contributed by atoms with Crippen LogP contribution in [0, 0.1) is 13.8 Å². The molecule has 0 radical (unpaired) electrons. The highest BCUT2D eigenvalue weighted by molar-refractivity contribution is 7.87. The summed E-state index contributed by atoms with van der Waals surface area (Å²) in [4.78, 5) is 26.6. The molecule has 1 aliphatic heterocycles. The zero-order chi connectivity index (χ0) is 25.1. The minimum Gasteiger partial charge on any atom is -0.444 e. The molecule has 1 saturated heterocycles. The van der Waals surface area contributed by atoms with Crippen molar-refractivity contribution in [1.29, 1.82) is 0 Å². The van der Waals surface area contributed by atoms with Gasteiger partial charge in [0.25, 0.3) is 5.91 Å². The van der Waals surface area contributed by atoms with Gasteiger partial charge in [0.1, 0.15) is 16.2 Å². The first-order chi connectivity index (χ1) is 15.8. The number of aryl methyl sites for hydroxylation is 2. The summed E-state index contributed by atoms with van der Waals surface area (Å²) in [5.41, 5.74) is 1.26. The second-order valence-corrected chi connectivity index (χ2v) is 11.1. The molecule has 1 heterocycles. The number of hydrogen-bond donors (Lipinski definition) is 1. The van der Waals surface area contributed by atoms with Gasteiger partial charge in [-0.1, -0.05) is 12.1 Å². The van der Waals surface area contributed by atoms with Crippen LogP contribution in [0.4, 0.5) is 4.79 Å². The van der Waals surface area contributed by atoms with Gasteiger partial charge in [0, 0.05) is 24.7 Å². The molecule has 2 amide bonds. The molecule has 0 bridgehead atoms. The van der Waals surface area contributed by atoms with Crippen LogP contribution in [0.3, 0.4) is 0 Å². The van der Waals surface area contributed by atoms with Crippen molar-refractivity contribution in [1.82, 2.24) is 10.2 Å². The smallest absolute Gasteiger partial charge is 0.410 e. The summed E-state index contributed by atoms with van der Waals surface area (Å²) >= 11 is 0. The fourth-order valence-corrected chi connectivity index (χ4v) is 4.86. The van der Waals surface area contributed by atoms with E-state index in [0.717, 1.165) is 5.56 Å². The van der Waals surface area contributed by atoms with Crippen LogP contribution in [0.1, 0.15) is 55.1 Å². The molecule has 0 unspecified atom stereocenters. The number of likely N-dealkylation sites (tertiary alicyclic amines) is 1. The van der Waals surface area contributed by atoms with Crippen molar-refractivity contribution in [3.05, 3.63) is 59.2 Å². The highest BCUT2D eigenvalue weighted by Gasteiger charge is 2.27. The summed E-state index contributed by atoms with van der Waals surface area (Å²) in [5, 5.41) is 2.97. The molecule has 8 nitrogen and oxygen atoms in total. The predicted molar refractivity (Wildman–Crippen MR) is 128 cm³/mol. The van der Waals surface area contributed by atoms with Crippen molar-refractivity contribution in [2.24, 2.45) is 0 Å². The van der Waals surface area contributed by atoms with Gasteiger partial charge in [-0.15, -0.1) is 0 Å². The zero-order valence-corrected chi connectivity index (χ0v) is 21.1. The van der Waals surface area contributed by atoms with Crippen molar-refractivity contribution in [2.75, 3.05) is 13.1 Å². The van der Waals surface area contributed by atoms with E-state index in [4.69, 9.17) is 8.92 Å². The van der Waals surface area contributed by atoms with Crippen molar-refractivity contribution < 1.29 is 26.9 Å². The van der Waals surface area contributed by atoms with E-state index in [-0.39, 0.29) is 28.7 Å². The second-order valence-electron chi connectivity index (χ2n) is 9.55. The van der Waals surface area contributed by atoms with Crippen LogP contribution >= 0.6 is 0 Å². The summed E-state index contributed by atoms with van der Waals surface area (Å²) in [6.45, 7) is 10.0. The van der Waals surface area contributed by atoms with E-state index >= 15 is 0 Å². The first-order valence-corrected chi connectivity index (χ1v) is 12.7. The fourth-order valence-electron chi connectivity index (χ4n) is 3.61. The normalized spacial score (nSPS) is 15.0. The van der Waals surface area contributed by atoms with Crippen LogP contribution in [0.5, 0.6) is 5.75 Å². The lowest BCUT2D eigenvalue weighted by molar-refractivity contribution is 0.0199. The maximum Gasteiger partial charge on any atom is 0.410 e. The van der Waals surface area contributed by atoms with Crippen LogP contribution in [-0.4, -0.2) is 50.1 Å². The molecule has 9 heteroatoms. The third-order valence-corrected chi connectivity index (χ3v) is 6.81. The van der Waals surface area contributed by atoms with Gasteiger partial charge in [-0.2, -0.15) is 8.42 Å². The van der Waals surface area contributed by atoms with Gasteiger partial charge < -0.3 is 19.1 Å². The van der Waals surface area contributed by atoms with Gasteiger partial charge in [-0.05, 0) is 88.9 Å². The van der Waals surface area contributed by atoms with Crippen molar-refractivity contribution in [2.45, 2.75) is 64.0 Å². The summed E-state index contributed by atoms with van der Waals surface area (Å²) in [5.74, 6) is -0.136. The number of piperidine rings is 1. The molecular formula is C25H32N2O6S. The van der Waals surface area contributed by atoms with Crippen LogP contribution in [0.25, 0.3) is 0 Å². The highest BCUT2D eigenvalue weighted by Crippen LogP contribution is 2.23. The maximum absolute atomic E-state index is 12.7. The third-order valence-electron chi connectivity index (χ3n) is 5.42. The van der Waals surface area contributed by atoms with E-state index in [1.165, 1.54) is 24.3 Å². The Kier molecular flexibility index (Phi) is 7.55. The van der Waals surface area contributed by atoms with Gasteiger partial charge in [0.2, 0.25) is 0 Å². The largest absolute Gasteiger partial charge is 0.444 e. The summed E-state index contributed by atoms with van der Waals surface area (Å²) in [6, 6.07) is 11.1. The van der Waals surface area contributed by atoms with Gasteiger partial charge >= 0.3 is 16.2 Å². The molecule has 1 aliphatic rings. The Balaban J connectivity index is 1.56. The molecule has 0 aromatic heterocycles. The third kappa shape index (κ3) is 6.72. The number of benzene rings is 2. The predicted octanol–water partition coefficient (Wildman–Crippen LogP) is 4.20. The lowest BCUT2D eigenvalue weighted by atomic mass is 10.0. The van der Waals surface area contributed by atoms with Crippen LogP contribution in [-0.2, 0) is 14.9 Å². The molecule has 2 aromatic carbocycles. The van der Waals surface area contributed by atoms with E-state index in [1.807, 2.05) is 33.8 Å². The Morgan fingerprint density at radius 2 is 1.62 bits per heavy atom. The first kappa shape index (κ1) is 25.6. The quantitative estimate of drug-likeness (QED) is 0.633. The van der Waals surface area contributed by atoms with Crippen molar-refractivity contribution in [3.63, 3.8) is 0 Å². The first-order valence-electron chi connectivity index (χ1n) is 11.2. The van der Waals surface area contributed by atoms with Crippen LogP contribution in [0.2, 0.25) is 0 Å². The van der Waals surface area contributed by atoms with Gasteiger partial charge in [-0.3, -0.25) is 4.79 Å². The van der Waals surface area contributed by atoms with Crippen molar-refractivity contribution >= 4 is 22.1 Å². The maximum atomic E-state index is 12.7. The van der Waals surface area contributed by atoms with Gasteiger partial charge in [-0.25, -0.2) is 4.79 Å². The molecule has 1 fully saturated rings. The van der Waals surface area contributed by atoms with Gasteiger partial charge in [0.15, 0.2) is 0 Å². The molecule has 2 aromatic rings. The lowest BCUT2D eigenvalue weighted by Crippen LogP contribution is -2.47. The fraction of sp³-hybridized carbons (Fsp3) is 0.440. The Morgan fingerprint density at radius 3 is 2.21 bits per heavy atom. The average molecular weight is 489 g/mol. The molecule has 0 saturated carbocycles. The zero-order valence-electron chi connectivity index (χ0n) is 20.3. The minimum atomic E-state index is -3.99. The SMILES string of the molecule is Cc1ccc(C)c(S(=O)(=O)Oc2ccc(C(=O)NC3CCN(C(=O)OC(C)(C)C)CC3)cc2)c1. The highest BCUT2D eigenvalue weighted by atomic mass is 32.2. The topological polar surface area (TPSA) is 102 Å². The van der Waals surface area contributed by atoms with Crippen LogP contribution < -0.4 is 9.50 Å². The standard InChI is InChI=1S/C25H32N2O6S/c1-17-6-7-18(2)22(16-17)34(30,31)33-21-10-8-19(9-11-21)23(28)26-20-12-14-27(15-13-20)24(29)32-25(3,4)5/h6-11,16,20H,12-15H2,1-5H3,(H,26,28). The number of ether oxygens (including phenoxy) is 1. The number of nitrogens with zero attached hydrogens (tertiary/aromatic N) is 1. The monoisotopic (exact) mass is 488 g/mol. The Morgan fingerprint density at radius 1 is 1.00 bits per heavy atom. The van der Waals surface area contributed by atoms with Crippen molar-refractivity contribution in [3.8, 4) is 5.75 Å². The summed E-state index contributed by atoms with van der Waals surface area (Å²) in [7, 11) is -3.99. The summed E-state index contributed by atoms with van der Waals surface area (Å²) in [6.07, 6.45) is 0.907. The number of carbonyl (C=O) groups is 2. The molecule has 34 heavy (non-hydrogen) atoms. The van der Waals surface area contributed by atoms with E-state index in [0.29, 0.717) is 37.1 Å². The Bertz CT molecular complexity index is 1140.